The van der Waals surface area contributed by atoms with Gasteiger partial charge in [0.15, 0.2) is 0 Å². The average molecular weight is 239 g/mol. The van der Waals surface area contributed by atoms with Crippen LogP contribution >= 0.6 is 0 Å². The molecule has 0 spiro atoms. The fourth-order valence-electron chi connectivity index (χ4n) is 1.79. The van der Waals surface area contributed by atoms with E-state index >= 15 is 0 Å². The van der Waals surface area contributed by atoms with E-state index in [9.17, 15) is 12.9 Å². The summed E-state index contributed by atoms with van der Waals surface area (Å²) in [6.07, 6.45) is 0.714. The molecule has 76 valence electrons. The number of fused-ring (bicyclic) bond motifs is 1. The monoisotopic (exact) mass is 239 g/mol. The zero-order chi connectivity index (χ0) is 10.3. The van der Waals surface area contributed by atoms with Crippen molar-refractivity contribution in [3.8, 4) is 0 Å². The molecule has 1 aromatic carbocycles. The standard InChI is InChI=1S/C9H10BF3N.K/c1-14-5-4-7-6-8(10(11,12)13)2-3-9(7)14;/h2-3,6H,4-5H2,1H3;/q-1;+1. The summed E-state index contributed by atoms with van der Waals surface area (Å²) in [5.74, 6) is 0. The molecule has 0 saturated carbocycles. The van der Waals surface area contributed by atoms with Gasteiger partial charge in [0.05, 0.1) is 0 Å². The summed E-state index contributed by atoms with van der Waals surface area (Å²) in [4.78, 5) is 1.97. The first-order valence-corrected chi connectivity index (χ1v) is 4.52. The maximum absolute atomic E-state index is 12.4. The molecule has 6 heteroatoms. The van der Waals surface area contributed by atoms with Crippen LogP contribution < -0.4 is 61.7 Å². The van der Waals surface area contributed by atoms with Crippen molar-refractivity contribution in [2.45, 2.75) is 6.42 Å². The molecule has 2 rings (SSSR count). The summed E-state index contributed by atoms with van der Waals surface area (Å²) < 4.78 is 37.2. The topological polar surface area (TPSA) is 3.24 Å². The molecule has 0 bridgehead atoms. The molecule has 0 saturated heterocycles. The Kier molecular flexibility index (Phi) is 4.34. The zero-order valence-electron chi connectivity index (χ0n) is 8.80. The molecule has 0 aliphatic carbocycles. The van der Waals surface area contributed by atoms with Crippen LogP contribution in [0.25, 0.3) is 0 Å². The summed E-state index contributed by atoms with van der Waals surface area (Å²) in [5, 5.41) is 0. The van der Waals surface area contributed by atoms with Crippen molar-refractivity contribution < 1.29 is 64.3 Å². The number of benzene rings is 1. The Hall–Kier alpha value is 0.511. The van der Waals surface area contributed by atoms with E-state index in [0.29, 0.717) is 6.42 Å². The van der Waals surface area contributed by atoms with Crippen molar-refractivity contribution >= 4 is 18.1 Å². The largest absolute Gasteiger partial charge is 1.00 e. The number of rotatable bonds is 1. The third-order valence-electron chi connectivity index (χ3n) is 2.61. The van der Waals surface area contributed by atoms with Gasteiger partial charge in [0.1, 0.15) is 0 Å². The minimum atomic E-state index is -4.85. The normalized spacial score (nSPS) is 14.8. The van der Waals surface area contributed by atoms with E-state index in [4.69, 9.17) is 0 Å². The second kappa shape index (κ2) is 4.79. The fourth-order valence-corrected chi connectivity index (χ4v) is 1.79. The van der Waals surface area contributed by atoms with E-state index < -0.39 is 12.4 Å². The van der Waals surface area contributed by atoms with Crippen LogP contribution in [-0.4, -0.2) is 20.6 Å². The smallest absolute Gasteiger partial charge is 0.445 e. The van der Waals surface area contributed by atoms with Crippen LogP contribution in [0.15, 0.2) is 18.2 Å². The van der Waals surface area contributed by atoms with Gasteiger partial charge in [0.25, 0.3) is 0 Å². The third kappa shape index (κ3) is 2.79. The molecule has 15 heavy (non-hydrogen) atoms. The zero-order valence-corrected chi connectivity index (χ0v) is 11.9. The van der Waals surface area contributed by atoms with Crippen LogP contribution in [0, 0.1) is 0 Å². The second-order valence-corrected chi connectivity index (χ2v) is 3.63. The molecule has 1 aliphatic rings. The minimum absolute atomic E-state index is 0. The van der Waals surface area contributed by atoms with E-state index in [-0.39, 0.29) is 51.4 Å². The van der Waals surface area contributed by atoms with Gasteiger partial charge in [0.2, 0.25) is 0 Å². The summed E-state index contributed by atoms with van der Waals surface area (Å²) in [6.45, 7) is -4.04. The summed E-state index contributed by atoms with van der Waals surface area (Å²) in [6, 6.07) is 4.01. The molecular weight excluding hydrogens is 229 g/mol. The van der Waals surface area contributed by atoms with Crippen LogP contribution in [-0.2, 0) is 6.42 Å². The van der Waals surface area contributed by atoms with Gasteiger partial charge in [0, 0.05) is 19.3 Å². The Balaban J connectivity index is 0.00000112. The molecule has 0 aromatic heterocycles. The van der Waals surface area contributed by atoms with Crippen LogP contribution in [0.2, 0.25) is 0 Å². The molecule has 0 amide bonds. The Morgan fingerprint density at radius 3 is 2.53 bits per heavy atom. The quantitative estimate of drug-likeness (QED) is 0.553. The number of nitrogens with zero attached hydrogens (tertiary/aromatic N) is 1. The SMILES string of the molecule is CN1CCc2cc([B-](F)(F)F)ccc21.[K+]. The maximum atomic E-state index is 12.4. The molecule has 0 unspecified atom stereocenters. The Morgan fingerprint density at radius 2 is 1.93 bits per heavy atom. The van der Waals surface area contributed by atoms with Crippen molar-refractivity contribution in [1.82, 2.24) is 0 Å². The Labute approximate surface area is 130 Å². The Bertz CT molecular complexity index is 367. The number of likely N-dealkylation sites (N-methyl/N-ethyl adjacent to an activating group) is 1. The van der Waals surface area contributed by atoms with E-state index in [2.05, 4.69) is 0 Å². The average Bonchev–Trinajstić information content (AvgIpc) is 2.46. The van der Waals surface area contributed by atoms with Gasteiger partial charge in [-0.25, -0.2) is 0 Å². The van der Waals surface area contributed by atoms with Gasteiger partial charge in [-0.05, 0) is 18.1 Å². The van der Waals surface area contributed by atoms with Crippen LogP contribution in [0.1, 0.15) is 5.56 Å². The molecule has 0 radical (unpaired) electrons. The summed E-state index contributed by atoms with van der Waals surface area (Å²) >= 11 is 0. The number of anilines is 1. The van der Waals surface area contributed by atoms with Crippen molar-refractivity contribution in [3.05, 3.63) is 23.8 Å². The van der Waals surface area contributed by atoms with Crippen molar-refractivity contribution in [2.75, 3.05) is 18.5 Å². The van der Waals surface area contributed by atoms with Gasteiger partial charge in [-0.1, -0.05) is 12.1 Å². The van der Waals surface area contributed by atoms with Crippen molar-refractivity contribution in [2.24, 2.45) is 0 Å². The van der Waals surface area contributed by atoms with Crippen molar-refractivity contribution in [1.29, 1.82) is 0 Å². The molecular formula is C9H10BF3KN. The first-order chi connectivity index (χ1) is 6.48. The molecule has 1 nitrogen and oxygen atoms in total. The molecule has 0 fully saturated rings. The van der Waals surface area contributed by atoms with Gasteiger partial charge >= 0.3 is 58.4 Å². The van der Waals surface area contributed by atoms with Gasteiger partial charge < -0.3 is 17.8 Å². The summed E-state index contributed by atoms with van der Waals surface area (Å²) in [5.41, 5.74) is 1.25. The maximum Gasteiger partial charge on any atom is 1.00 e. The predicted molar refractivity (Wildman–Crippen MR) is 52.1 cm³/mol. The van der Waals surface area contributed by atoms with E-state index in [0.717, 1.165) is 17.8 Å². The first-order valence-electron chi connectivity index (χ1n) is 4.52. The predicted octanol–water partition coefficient (Wildman–Crippen LogP) is -1.26. The summed E-state index contributed by atoms with van der Waals surface area (Å²) in [7, 11) is 1.89. The number of hydrogen-bond acceptors (Lipinski definition) is 1. The molecule has 1 heterocycles. The third-order valence-corrected chi connectivity index (χ3v) is 2.61. The van der Waals surface area contributed by atoms with Crippen LogP contribution in [0.5, 0.6) is 0 Å². The van der Waals surface area contributed by atoms with E-state index in [1.165, 1.54) is 12.1 Å². The van der Waals surface area contributed by atoms with Crippen molar-refractivity contribution in [3.63, 3.8) is 0 Å². The van der Waals surface area contributed by atoms with Crippen LogP contribution in [0.4, 0.5) is 18.6 Å². The van der Waals surface area contributed by atoms with E-state index in [1.54, 1.807) is 6.07 Å². The molecule has 1 aromatic rings. The molecule has 0 N–H and O–H groups in total. The first kappa shape index (κ1) is 13.6. The minimum Gasteiger partial charge on any atom is -0.445 e. The Morgan fingerprint density at radius 1 is 1.27 bits per heavy atom. The number of halogens is 3. The second-order valence-electron chi connectivity index (χ2n) is 3.63. The fraction of sp³-hybridized carbons (Fsp3) is 0.333. The van der Waals surface area contributed by atoms with Gasteiger partial charge in [-0.2, -0.15) is 0 Å². The molecule has 0 atom stereocenters. The van der Waals surface area contributed by atoms with Crippen LogP contribution in [0.3, 0.4) is 0 Å². The van der Waals surface area contributed by atoms with Gasteiger partial charge in [-0.3, -0.25) is 0 Å². The van der Waals surface area contributed by atoms with E-state index in [1.807, 2.05) is 11.9 Å². The van der Waals surface area contributed by atoms with Gasteiger partial charge in [-0.15, -0.1) is 5.46 Å². The number of hydrogen-bond donors (Lipinski definition) is 0. The molecule has 1 aliphatic heterocycles.